The number of nitrogens with one attached hydrogen (secondary N) is 1. The van der Waals surface area contributed by atoms with Gasteiger partial charge in [-0.1, -0.05) is 13.8 Å². The number of hydrogen-bond acceptors (Lipinski definition) is 5. The van der Waals surface area contributed by atoms with E-state index in [0.717, 1.165) is 25.2 Å². The van der Waals surface area contributed by atoms with Crippen LogP contribution in [0.4, 0.5) is 11.5 Å². The summed E-state index contributed by atoms with van der Waals surface area (Å²) in [4.78, 5) is 18.4. The van der Waals surface area contributed by atoms with E-state index in [-0.39, 0.29) is 11.9 Å². The lowest BCUT2D eigenvalue weighted by Crippen LogP contribution is -2.55. The molecular weight excluding hydrogens is 256 g/mol. The molecule has 1 amide bonds. The number of nitrogens with two attached hydrogens (primary N) is 1. The second-order valence-corrected chi connectivity index (χ2v) is 4.82. The number of piperazine rings is 1. The van der Waals surface area contributed by atoms with Crippen molar-refractivity contribution in [1.82, 2.24) is 10.3 Å². The Kier molecular flexibility index (Phi) is 4.65. The fourth-order valence-corrected chi connectivity index (χ4v) is 2.31. The van der Waals surface area contributed by atoms with E-state index < -0.39 is 0 Å². The molecule has 110 valence electrons. The summed E-state index contributed by atoms with van der Waals surface area (Å²) in [5.41, 5.74) is 6.39. The van der Waals surface area contributed by atoms with Crippen molar-refractivity contribution in [2.75, 3.05) is 30.3 Å². The van der Waals surface area contributed by atoms with Gasteiger partial charge in [0, 0.05) is 13.1 Å². The molecule has 2 heterocycles. The van der Waals surface area contributed by atoms with Crippen LogP contribution in [0.2, 0.25) is 0 Å². The zero-order valence-electron chi connectivity index (χ0n) is 12.1. The smallest absolute Gasteiger partial charge is 0.242 e. The standard InChI is InChI=1S/C14H22N4O2/c1-3-9-20-14-10(15)5-6-12(17-14)18-8-7-16-13(19)11(18)4-2/h5-6,11H,3-4,7-9,15H2,1-2H3,(H,16,19). The third-order valence-corrected chi connectivity index (χ3v) is 3.33. The Morgan fingerprint density at radius 3 is 3.00 bits per heavy atom. The molecule has 1 unspecified atom stereocenters. The summed E-state index contributed by atoms with van der Waals surface area (Å²) in [6.07, 6.45) is 1.64. The molecule has 0 spiro atoms. The Hall–Kier alpha value is -1.98. The van der Waals surface area contributed by atoms with Crippen LogP contribution in [0.5, 0.6) is 5.88 Å². The highest BCUT2D eigenvalue weighted by atomic mass is 16.5. The summed E-state index contributed by atoms with van der Waals surface area (Å²) in [5.74, 6) is 1.24. The van der Waals surface area contributed by atoms with Crippen LogP contribution in [-0.4, -0.2) is 36.6 Å². The minimum absolute atomic E-state index is 0.0494. The highest BCUT2D eigenvalue weighted by Gasteiger charge is 2.29. The fourth-order valence-electron chi connectivity index (χ4n) is 2.31. The average molecular weight is 278 g/mol. The number of nitrogens with zero attached hydrogens (tertiary/aromatic N) is 2. The van der Waals surface area contributed by atoms with Crippen LogP contribution < -0.4 is 20.7 Å². The maximum absolute atomic E-state index is 11.9. The van der Waals surface area contributed by atoms with E-state index in [1.807, 2.05) is 24.8 Å². The number of aromatic nitrogens is 1. The number of carbonyl (C=O) groups excluding carboxylic acids is 1. The van der Waals surface area contributed by atoms with Gasteiger partial charge in [0.25, 0.3) is 0 Å². The topological polar surface area (TPSA) is 80.5 Å². The molecule has 1 aromatic rings. The molecule has 0 saturated carbocycles. The molecular formula is C14H22N4O2. The van der Waals surface area contributed by atoms with Gasteiger partial charge in [0.1, 0.15) is 11.9 Å². The molecule has 1 saturated heterocycles. The Morgan fingerprint density at radius 1 is 1.50 bits per heavy atom. The second kappa shape index (κ2) is 6.45. The number of hydrogen-bond donors (Lipinski definition) is 2. The second-order valence-electron chi connectivity index (χ2n) is 4.82. The number of ether oxygens (including phenoxy) is 1. The van der Waals surface area contributed by atoms with Crippen molar-refractivity contribution in [3.05, 3.63) is 12.1 Å². The minimum Gasteiger partial charge on any atom is -0.476 e. The van der Waals surface area contributed by atoms with E-state index in [1.54, 1.807) is 6.07 Å². The molecule has 2 rings (SSSR count). The normalized spacial score (nSPS) is 18.8. The van der Waals surface area contributed by atoms with E-state index >= 15 is 0 Å². The van der Waals surface area contributed by atoms with Gasteiger partial charge in [0.15, 0.2) is 0 Å². The van der Waals surface area contributed by atoms with Crippen molar-refractivity contribution in [3.8, 4) is 5.88 Å². The number of nitrogen functional groups attached to an aromatic ring is 1. The Labute approximate surface area is 119 Å². The summed E-state index contributed by atoms with van der Waals surface area (Å²) in [7, 11) is 0. The van der Waals surface area contributed by atoms with Crippen LogP contribution in [0.3, 0.4) is 0 Å². The third kappa shape index (κ3) is 2.95. The number of anilines is 2. The first-order valence-corrected chi connectivity index (χ1v) is 7.11. The van der Waals surface area contributed by atoms with E-state index in [0.29, 0.717) is 24.7 Å². The van der Waals surface area contributed by atoms with Gasteiger partial charge in [-0.2, -0.15) is 4.98 Å². The predicted molar refractivity (Wildman–Crippen MR) is 78.9 cm³/mol. The van der Waals surface area contributed by atoms with Crippen molar-refractivity contribution < 1.29 is 9.53 Å². The van der Waals surface area contributed by atoms with Crippen LogP contribution in [0, 0.1) is 0 Å². The van der Waals surface area contributed by atoms with Gasteiger partial charge < -0.3 is 20.7 Å². The maximum atomic E-state index is 11.9. The van der Waals surface area contributed by atoms with Gasteiger partial charge in [-0.3, -0.25) is 4.79 Å². The lowest BCUT2D eigenvalue weighted by atomic mass is 10.1. The molecule has 1 aliphatic heterocycles. The van der Waals surface area contributed by atoms with E-state index in [1.165, 1.54) is 0 Å². The van der Waals surface area contributed by atoms with Crippen molar-refractivity contribution >= 4 is 17.4 Å². The van der Waals surface area contributed by atoms with Gasteiger partial charge in [0.05, 0.1) is 12.3 Å². The summed E-state index contributed by atoms with van der Waals surface area (Å²) >= 11 is 0. The molecule has 1 aliphatic rings. The highest BCUT2D eigenvalue weighted by Crippen LogP contribution is 2.25. The largest absolute Gasteiger partial charge is 0.476 e. The van der Waals surface area contributed by atoms with Crippen LogP contribution in [-0.2, 0) is 4.79 Å². The Bertz CT molecular complexity index is 478. The summed E-state index contributed by atoms with van der Waals surface area (Å²) < 4.78 is 5.55. The zero-order chi connectivity index (χ0) is 14.5. The molecule has 0 aromatic carbocycles. The Balaban J connectivity index is 2.24. The third-order valence-electron chi connectivity index (χ3n) is 3.33. The SMILES string of the molecule is CCCOc1nc(N2CCNC(=O)C2CC)ccc1N. The minimum atomic E-state index is -0.182. The molecule has 1 fully saturated rings. The summed E-state index contributed by atoms with van der Waals surface area (Å²) in [5, 5.41) is 2.88. The monoisotopic (exact) mass is 278 g/mol. The lowest BCUT2D eigenvalue weighted by Gasteiger charge is -2.35. The highest BCUT2D eigenvalue weighted by molar-refractivity contribution is 5.86. The molecule has 6 heteroatoms. The average Bonchev–Trinajstić information content (AvgIpc) is 2.46. The van der Waals surface area contributed by atoms with Gasteiger partial charge in [-0.15, -0.1) is 0 Å². The molecule has 0 bridgehead atoms. The first kappa shape index (κ1) is 14.4. The number of carbonyl (C=O) groups is 1. The summed E-state index contributed by atoms with van der Waals surface area (Å²) in [6, 6.07) is 3.45. The first-order valence-electron chi connectivity index (χ1n) is 7.11. The van der Waals surface area contributed by atoms with Crippen LogP contribution >= 0.6 is 0 Å². The molecule has 20 heavy (non-hydrogen) atoms. The molecule has 1 atom stereocenters. The Morgan fingerprint density at radius 2 is 2.30 bits per heavy atom. The van der Waals surface area contributed by atoms with E-state index in [2.05, 4.69) is 10.3 Å². The van der Waals surface area contributed by atoms with Crippen molar-refractivity contribution in [2.24, 2.45) is 0 Å². The quantitative estimate of drug-likeness (QED) is 0.845. The number of pyridine rings is 1. The van der Waals surface area contributed by atoms with Gasteiger partial charge in [0.2, 0.25) is 11.8 Å². The van der Waals surface area contributed by atoms with Crippen molar-refractivity contribution in [2.45, 2.75) is 32.7 Å². The molecule has 3 N–H and O–H groups in total. The number of amides is 1. The number of rotatable bonds is 5. The molecule has 6 nitrogen and oxygen atoms in total. The zero-order valence-corrected chi connectivity index (χ0v) is 12.1. The van der Waals surface area contributed by atoms with Crippen molar-refractivity contribution in [1.29, 1.82) is 0 Å². The van der Waals surface area contributed by atoms with Gasteiger partial charge >= 0.3 is 0 Å². The molecule has 0 aliphatic carbocycles. The molecule has 1 aromatic heterocycles. The van der Waals surface area contributed by atoms with Crippen LogP contribution in [0.1, 0.15) is 26.7 Å². The first-order chi connectivity index (χ1) is 9.67. The fraction of sp³-hybridized carbons (Fsp3) is 0.571. The van der Waals surface area contributed by atoms with E-state index in [9.17, 15) is 4.79 Å². The van der Waals surface area contributed by atoms with Crippen LogP contribution in [0.25, 0.3) is 0 Å². The van der Waals surface area contributed by atoms with Crippen LogP contribution in [0.15, 0.2) is 12.1 Å². The lowest BCUT2D eigenvalue weighted by molar-refractivity contribution is -0.123. The summed E-state index contributed by atoms with van der Waals surface area (Å²) in [6.45, 7) is 5.98. The maximum Gasteiger partial charge on any atom is 0.242 e. The predicted octanol–water partition coefficient (Wildman–Crippen LogP) is 1.17. The molecule has 0 radical (unpaired) electrons. The van der Waals surface area contributed by atoms with Crippen molar-refractivity contribution in [3.63, 3.8) is 0 Å². The van der Waals surface area contributed by atoms with E-state index in [4.69, 9.17) is 10.5 Å². The van der Waals surface area contributed by atoms with Gasteiger partial charge in [-0.05, 0) is 25.0 Å². The van der Waals surface area contributed by atoms with Gasteiger partial charge in [-0.25, -0.2) is 0 Å².